The number of aliphatic carboxylic acids is 1. The molecule has 0 aliphatic carbocycles. The lowest BCUT2D eigenvalue weighted by Gasteiger charge is -2.44. The summed E-state index contributed by atoms with van der Waals surface area (Å²) in [5.41, 5.74) is -3.75. The molecule has 10 heteroatoms. The van der Waals surface area contributed by atoms with Crippen molar-refractivity contribution in [2.45, 2.75) is 64.0 Å². The van der Waals surface area contributed by atoms with Gasteiger partial charge in [0, 0.05) is 25.5 Å². The first-order chi connectivity index (χ1) is 13.1. The molecule has 162 valence electrons. The summed E-state index contributed by atoms with van der Waals surface area (Å²) < 4.78 is 62.9. The summed E-state index contributed by atoms with van der Waals surface area (Å²) in [5.74, 6) is -2.80. The van der Waals surface area contributed by atoms with Crippen LogP contribution in [0, 0.1) is 5.82 Å². The zero-order valence-electron chi connectivity index (χ0n) is 16.5. The molecule has 29 heavy (non-hydrogen) atoms. The van der Waals surface area contributed by atoms with Gasteiger partial charge in [0.15, 0.2) is 0 Å². The molecule has 0 spiro atoms. The predicted octanol–water partition coefficient (Wildman–Crippen LogP) is 4.47. The van der Waals surface area contributed by atoms with Crippen LogP contribution in [0.2, 0.25) is 0 Å². The van der Waals surface area contributed by atoms with E-state index in [9.17, 15) is 32.3 Å². The number of ether oxygens (including phenoxy) is 2. The summed E-state index contributed by atoms with van der Waals surface area (Å²) in [6.07, 6.45) is -6.47. The van der Waals surface area contributed by atoms with Crippen LogP contribution in [0.3, 0.4) is 0 Å². The van der Waals surface area contributed by atoms with Gasteiger partial charge in [-0.15, -0.1) is 0 Å². The van der Waals surface area contributed by atoms with Gasteiger partial charge in [-0.25, -0.2) is 14.0 Å². The number of alkyl halides is 3. The minimum absolute atomic E-state index is 0.0518. The van der Waals surface area contributed by atoms with E-state index in [0.717, 1.165) is 11.0 Å². The lowest BCUT2D eigenvalue weighted by atomic mass is 9.87. The lowest BCUT2D eigenvalue weighted by molar-refractivity contribution is -0.154. The fraction of sp³-hybridized carbons (Fsp3) is 0.579. The molecule has 0 saturated carbocycles. The molecule has 1 N–H and O–H groups in total. The van der Waals surface area contributed by atoms with E-state index in [1.165, 1.54) is 6.92 Å². The Morgan fingerprint density at radius 3 is 2.34 bits per heavy atom. The second kappa shape index (κ2) is 7.72. The molecule has 0 aromatic heterocycles. The van der Waals surface area contributed by atoms with Gasteiger partial charge in [-0.3, -0.25) is 4.90 Å². The maximum Gasteiger partial charge on any atom is 0.416 e. The van der Waals surface area contributed by atoms with Gasteiger partial charge < -0.3 is 14.6 Å². The standard InChI is InChI=1S/C19H23F4NO5/c1-17(2,3)29-16(27)24-6-5-13(10-18(24,4)15(25)26)28-14-8-11(19(21,22)23)7-12(20)9-14/h7-9,13H,5-6,10H2,1-4H3,(H,25,26). The maximum absolute atomic E-state index is 13.6. The number of hydrogen-bond donors (Lipinski definition) is 1. The number of rotatable bonds is 3. The molecule has 1 amide bonds. The molecule has 1 aromatic carbocycles. The number of piperidine rings is 1. The molecule has 1 aliphatic heterocycles. The van der Waals surface area contributed by atoms with Crippen LogP contribution in [0.25, 0.3) is 0 Å². The van der Waals surface area contributed by atoms with Crippen molar-refractivity contribution in [2.75, 3.05) is 6.54 Å². The minimum atomic E-state index is -4.75. The Balaban J connectivity index is 2.22. The third-order valence-corrected chi connectivity index (χ3v) is 4.47. The topological polar surface area (TPSA) is 76.1 Å². The number of hydrogen-bond acceptors (Lipinski definition) is 4. The highest BCUT2D eigenvalue weighted by molar-refractivity contribution is 5.84. The Morgan fingerprint density at radius 1 is 1.21 bits per heavy atom. The molecule has 2 rings (SSSR count). The van der Waals surface area contributed by atoms with Crippen LogP contribution >= 0.6 is 0 Å². The van der Waals surface area contributed by atoms with E-state index in [4.69, 9.17) is 9.47 Å². The van der Waals surface area contributed by atoms with Gasteiger partial charge in [-0.05, 0) is 39.8 Å². The quantitative estimate of drug-likeness (QED) is 0.729. The summed E-state index contributed by atoms with van der Waals surface area (Å²) in [6.45, 7) is 6.18. The lowest BCUT2D eigenvalue weighted by Crippen LogP contribution is -2.61. The average Bonchev–Trinajstić information content (AvgIpc) is 2.51. The zero-order valence-corrected chi connectivity index (χ0v) is 16.5. The Labute approximate surface area is 165 Å². The number of amides is 1. The van der Waals surface area contributed by atoms with Crippen molar-refractivity contribution >= 4 is 12.1 Å². The molecule has 6 nitrogen and oxygen atoms in total. The van der Waals surface area contributed by atoms with Crippen LogP contribution in [0.15, 0.2) is 18.2 Å². The molecule has 2 atom stereocenters. The molecule has 1 heterocycles. The van der Waals surface area contributed by atoms with Crippen LogP contribution in [-0.2, 0) is 15.7 Å². The largest absolute Gasteiger partial charge is 0.490 e. The van der Waals surface area contributed by atoms with Crippen molar-refractivity contribution in [3.63, 3.8) is 0 Å². The summed E-state index contributed by atoms with van der Waals surface area (Å²) in [4.78, 5) is 25.4. The first-order valence-electron chi connectivity index (χ1n) is 8.90. The Kier molecular flexibility index (Phi) is 6.06. The van der Waals surface area contributed by atoms with E-state index in [1.807, 2.05) is 0 Å². The highest BCUT2D eigenvalue weighted by atomic mass is 19.4. The zero-order chi connectivity index (χ0) is 22.2. The molecule has 1 fully saturated rings. The highest BCUT2D eigenvalue weighted by Gasteiger charge is 2.49. The molecule has 1 saturated heterocycles. The number of benzene rings is 1. The van der Waals surface area contributed by atoms with E-state index < -0.39 is 46.9 Å². The van der Waals surface area contributed by atoms with Crippen molar-refractivity contribution in [1.82, 2.24) is 4.90 Å². The maximum atomic E-state index is 13.6. The van der Waals surface area contributed by atoms with Gasteiger partial charge in [-0.1, -0.05) is 0 Å². The van der Waals surface area contributed by atoms with Gasteiger partial charge >= 0.3 is 18.2 Å². The fourth-order valence-electron chi connectivity index (χ4n) is 3.08. The molecule has 0 bridgehead atoms. The second-order valence-electron chi connectivity index (χ2n) is 8.12. The Hall–Kier alpha value is -2.52. The van der Waals surface area contributed by atoms with Crippen LogP contribution < -0.4 is 4.74 Å². The summed E-state index contributed by atoms with van der Waals surface area (Å²) >= 11 is 0. The molecule has 1 aliphatic rings. The van der Waals surface area contributed by atoms with Gasteiger partial charge in [0.2, 0.25) is 0 Å². The van der Waals surface area contributed by atoms with Crippen LogP contribution in [0.5, 0.6) is 5.75 Å². The fourth-order valence-corrected chi connectivity index (χ4v) is 3.08. The summed E-state index contributed by atoms with van der Waals surface area (Å²) in [6, 6.07) is 1.80. The Bertz CT molecular complexity index is 790. The first-order valence-corrected chi connectivity index (χ1v) is 8.90. The number of carboxylic acids is 1. The molecule has 1 aromatic rings. The molecular formula is C19H23F4NO5. The number of carboxylic acid groups (broad SMARTS) is 1. The highest BCUT2D eigenvalue weighted by Crippen LogP contribution is 2.35. The summed E-state index contributed by atoms with van der Waals surface area (Å²) in [7, 11) is 0. The second-order valence-corrected chi connectivity index (χ2v) is 8.12. The molecule has 0 radical (unpaired) electrons. The predicted molar refractivity (Wildman–Crippen MR) is 94.0 cm³/mol. The number of carbonyl (C=O) groups excluding carboxylic acids is 1. The number of nitrogens with zero attached hydrogens (tertiary/aromatic N) is 1. The minimum Gasteiger partial charge on any atom is -0.490 e. The number of halogens is 4. The van der Waals surface area contributed by atoms with E-state index in [0.29, 0.717) is 12.1 Å². The van der Waals surface area contributed by atoms with Crippen molar-refractivity contribution in [1.29, 1.82) is 0 Å². The van der Waals surface area contributed by atoms with Gasteiger partial charge in [-0.2, -0.15) is 13.2 Å². The van der Waals surface area contributed by atoms with Crippen LogP contribution in [0.4, 0.5) is 22.4 Å². The smallest absolute Gasteiger partial charge is 0.416 e. The average molecular weight is 421 g/mol. The van der Waals surface area contributed by atoms with Gasteiger partial charge in [0.05, 0.1) is 5.56 Å². The van der Waals surface area contributed by atoms with Crippen molar-refractivity contribution < 1.29 is 41.7 Å². The van der Waals surface area contributed by atoms with E-state index >= 15 is 0 Å². The monoisotopic (exact) mass is 421 g/mol. The van der Waals surface area contributed by atoms with E-state index in [-0.39, 0.29) is 25.1 Å². The summed E-state index contributed by atoms with van der Waals surface area (Å²) in [5, 5.41) is 9.68. The Morgan fingerprint density at radius 2 is 1.83 bits per heavy atom. The van der Waals surface area contributed by atoms with Crippen molar-refractivity contribution in [3.05, 3.63) is 29.6 Å². The van der Waals surface area contributed by atoms with E-state index in [2.05, 4.69) is 0 Å². The third-order valence-electron chi connectivity index (χ3n) is 4.47. The van der Waals surface area contributed by atoms with Crippen molar-refractivity contribution in [2.24, 2.45) is 0 Å². The normalized spacial score (nSPS) is 22.9. The first kappa shape index (κ1) is 22.8. The van der Waals surface area contributed by atoms with Gasteiger partial charge in [0.1, 0.15) is 28.8 Å². The number of carbonyl (C=O) groups is 2. The number of likely N-dealkylation sites (tertiary alicyclic amines) is 1. The molecular weight excluding hydrogens is 398 g/mol. The SMILES string of the molecule is CC(C)(C)OC(=O)N1CCC(Oc2cc(F)cc(C(F)(F)F)c2)CC1(C)C(=O)O. The van der Waals surface area contributed by atoms with E-state index in [1.54, 1.807) is 20.8 Å². The van der Waals surface area contributed by atoms with Gasteiger partial charge in [0.25, 0.3) is 0 Å². The van der Waals surface area contributed by atoms with Crippen molar-refractivity contribution in [3.8, 4) is 5.75 Å². The molecule has 2 unspecified atom stereocenters. The van der Waals surface area contributed by atoms with Crippen LogP contribution in [-0.4, -0.2) is 45.9 Å². The van der Waals surface area contributed by atoms with Crippen LogP contribution in [0.1, 0.15) is 46.1 Å². The third kappa shape index (κ3) is 5.51.